The molecule has 0 aliphatic rings. The average Bonchev–Trinajstić information content (AvgIpc) is 3.22. The summed E-state index contributed by atoms with van der Waals surface area (Å²) in [6, 6.07) is 20.9. The lowest BCUT2D eigenvalue weighted by Gasteiger charge is -2.08. The molecule has 158 valence electrons. The Bertz CT molecular complexity index is 1200. The summed E-state index contributed by atoms with van der Waals surface area (Å²) in [5.41, 5.74) is 4.29. The van der Waals surface area contributed by atoms with Gasteiger partial charge in [0, 0.05) is 15.7 Å². The van der Waals surface area contributed by atoms with Crippen LogP contribution in [0.2, 0.25) is 0 Å². The summed E-state index contributed by atoms with van der Waals surface area (Å²) in [7, 11) is 0. The molecule has 6 heteroatoms. The third kappa shape index (κ3) is 5.14. The van der Waals surface area contributed by atoms with Gasteiger partial charge in [0.2, 0.25) is 5.89 Å². The highest BCUT2D eigenvalue weighted by Crippen LogP contribution is 2.29. The number of oxazole rings is 1. The monoisotopic (exact) mass is 478 g/mol. The molecule has 1 aromatic heterocycles. The van der Waals surface area contributed by atoms with Crippen molar-refractivity contribution in [1.29, 1.82) is 0 Å². The second-order valence-electron chi connectivity index (χ2n) is 7.43. The van der Waals surface area contributed by atoms with Crippen LogP contribution in [-0.2, 0) is 4.79 Å². The van der Waals surface area contributed by atoms with Crippen LogP contribution in [0.3, 0.4) is 0 Å². The number of carbonyl (C=O) groups excluding carboxylic acids is 1. The van der Waals surface area contributed by atoms with Crippen molar-refractivity contribution in [2.45, 2.75) is 26.2 Å². The number of halogens is 1. The molecule has 1 unspecified atom stereocenters. The fourth-order valence-electron chi connectivity index (χ4n) is 3.22. The summed E-state index contributed by atoms with van der Waals surface area (Å²) in [5.74, 6) is 1.40. The molecule has 0 saturated heterocycles. The van der Waals surface area contributed by atoms with Crippen LogP contribution in [0.1, 0.15) is 31.7 Å². The molecule has 1 amide bonds. The number of fused-ring (bicyclic) bond motifs is 1. The van der Waals surface area contributed by atoms with Gasteiger partial charge in [-0.2, -0.15) is 0 Å². The molecular weight excluding hydrogens is 456 g/mol. The SMILES string of the molecule is CCC(C)c1ccc2oc(-c3cccc(NC(=O)COc4ccc(Br)cc4)c3)nc2c1. The van der Waals surface area contributed by atoms with Crippen LogP contribution in [0.5, 0.6) is 5.75 Å². The molecule has 4 rings (SSSR count). The average molecular weight is 479 g/mol. The summed E-state index contributed by atoms with van der Waals surface area (Å²) in [5, 5.41) is 2.86. The minimum atomic E-state index is -0.240. The molecule has 1 heterocycles. The Morgan fingerprint density at radius 2 is 1.94 bits per heavy atom. The van der Waals surface area contributed by atoms with E-state index in [1.165, 1.54) is 5.56 Å². The Balaban J connectivity index is 1.46. The Hall–Kier alpha value is -3.12. The fourth-order valence-corrected chi connectivity index (χ4v) is 3.48. The normalized spacial score (nSPS) is 12.0. The smallest absolute Gasteiger partial charge is 0.262 e. The van der Waals surface area contributed by atoms with E-state index >= 15 is 0 Å². The molecule has 1 N–H and O–H groups in total. The maximum Gasteiger partial charge on any atom is 0.262 e. The summed E-state index contributed by atoms with van der Waals surface area (Å²) < 4.78 is 12.4. The molecule has 0 radical (unpaired) electrons. The lowest BCUT2D eigenvalue weighted by Crippen LogP contribution is -2.20. The highest BCUT2D eigenvalue weighted by atomic mass is 79.9. The van der Waals surface area contributed by atoms with Crippen LogP contribution in [-0.4, -0.2) is 17.5 Å². The molecular formula is C25H23BrN2O3. The number of rotatable bonds is 7. The Morgan fingerprint density at radius 1 is 1.13 bits per heavy atom. The summed E-state index contributed by atoms with van der Waals surface area (Å²) >= 11 is 3.37. The molecule has 5 nitrogen and oxygen atoms in total. The van der Waals surface area contributed by atoms with Crippen molar-refractivity contribution in [2.75, 3.05) is 11.9 Å². The number of nitrogens with one attached hydrogen (secondary N) is 1. The topological polar surface area (TPSA) is 64.4 Å². The number of aromatic nitrogens is 1. The van der Waals surface area contributed by atoms with Crippen molar-refractivity contribution in [3.05, 3.63) is 76.8 Å². The zero-order valence-electron chi connectivity index (χ0n) is 17.4. The van der Waals surface area contributed by atoms with E-state index in [4.69, 9.17) is 9.15 Å². The van der Waals surface area contributed by atoms with E-state index in [9.17, 15) is 4.79 Å². The maximum absolute atomic E-state index is 12.3. The zero-order valence-corrected chi connectivity index (χ0v) is 19.0. The Kier molecular flexibility index (Phi) is 6.37. The van der Waals surface area contributed by atoms with E-state index < -0.39 is 0 Å². The van der Waals surface area contributed by atoms with Crippen molar-refractivity contribution < 1.29 is 13.9 Å². The van der Waals surface area contributed by atoms with Crippen LogP contribution < -0.4 is 10.1 Å². The highest BCUT2D eigenvalue weighted by Gasteiger charge is 2.12. The van der Waals surface area contributed by atoms with Gasteiger partial charge in [-0.15, -0.1) is 0 Å². The molecule has 0 aliphatic carbocycles. The van der Waals surface area contributed by atoms with Gasteiger partial charge in [0.05, 0.1) is 0 Å². The van der Waals surface area contributed by atoms with E-state index in [1.54, 1.807) is 12.1 Å². The highest BCUT2D eigenvalue weighted by molar-refractivity contribution is 9.10. The Labute approximate surface area is 189 Å². The maximum atomic E-state index is 12.3. The first-order valence-corrected chi connectivity index (χ1v) is 11.0. The molecule has 0 aliphatic heterocycles. The lowest BCUT2D eigenvalue weighted by atomic mass is 9.98. The van der Waals surface area contributed by atoms with E-state index in [-0.39, 0.29) is 12.5 Å². The number of hydrogen-bond acceptors (Lipinski definition) is 4. The van der Waals surface area contributed by atoms with Crippen LogP contribution >= 0.6 is 15.9 Å². The van der Waals surface area contributed by atoms with E-state index in [0.29, 0.717) is 23.2 Å². The fraction of sp³-hybridized carbons (Fsp3) is 0.200. The number of carbonyl (C=O) groups is 1. The second kappa shape index (κ2) is 9.35. The minimum Gasteiger partial charge on any atom is -0.484 e. The van der Waals surface area contributed by atoms with Crippen LogP contribution in [0.15, 0.2) is 75.6 Å². The molecule has 4 aromatic rings. The van der Waals surface area contributed by atoms with Crippen molar-refractivity contribution in [3.8, 4) is 17.2 Å². The summed E-state index contributed by atoms with van der Waals surface area (Å²) in [4.78, 5) is 16.9. The van der Waals surface area contributed by atoms with Gasteiger partial charge in [-0.25, -0.2) is 4.98 Å². The number of benzene rings is 3. The van der Waals surface area contributed by atoms with Gasteiger partial charge >= 0.3 is 0 Å². The number of nitrogens with zero attached hydrogens (tertiary/aromatic N) is 1. The van der Waals surface area contributed by atoms with Gasteiger partial charge < -0.3 is 14.5 Å². The van der Waals surface area contributed by atoms with Gasteiger partial charge in [-0.05, 0) is 72.5 Å². The molecule has 1 atom stereocenters. The van der Waals surface area contributed by atoms with Crippen molar-refractivity contribution in [1.82, 2.24) is 4.98 Å². The predicted octanol–water partition coefficient (Wildman–Crippen LogP) is 6.79. The first-order chi connectivity index (χ1) is 15.0. The van der Waals surface area contributed by atoms with Gasteiger partial charge in [-0.1, -0.05) is 41.9 Å². The largest absolute Gasteiger partial charge is 0.484 e. The standard InChI is InChI=1S/C25H23BrN2O3/c1-3-16(2)17-7-12-23-22(14-17)28-25(31-23)18-5-4-6-20(13-18)27-24(29)15-30-21-10-8-19(26)9-11-21/h4-14,16H,3,15H2,1-2H3,(H,27,29). The Morgan fingerprint density at radius 3 is 2.71 bits per heavy atom. The van der Waals surface area contributed by atoms with E-state index in [2.05, 4.69) is 52.2 Å². The molecule has 31 heavy (non-hydrogen) atoms. The van der Waals surface area contributed by atoms with Gasteiger partial charge in [0.15, 0.2) is 12.2 Å². The summed E-state index contributed by atoms with van der Waals surface area (Å²) in [6.45, 7) is 4.30. The first-order valence-electron chi connectivity index (χ1n) is 10.2. The van der Waals surface area contributed by atoms with E-state index in [1.807, 2.05) is 42.5 Å². The van der Waals surface area contributed by atoms with Gasteiger partial charge in [0.25, 0.3) is 5.91 Å². The van der Waals surface area contributed by atoms with Crippen LogP contribution in [0, 0.1) is 0 Å². The number of ether oxygens (including phenoxy) is 1. The number of hydrogen-bond donors (Lipinski definition) is 1. The first kappa shape index (κ1) is 21.1. The van der Waals surface area contributed by atoms with Crippen molar-refractivity contribution in [3.63, 3.8) is 0 Å². The number of amides is 1. The van der Waals surface area contributed by atoms with Gasteiger partial charge in [-0.3, -0.25) is 4.79 Å². The molecule has 0 fully saturated rings. The summed E-state index contributed by atoms with van der Waals surface area (Å²) in [6.07, 6.45) is 1.07. The van der Waals surface area contributed by atoms with Gasteiger partial charge in [0.1, 0.15) is 11.3 Å². The molecule has 0 bridgehead atoms. The number of anilines is 1. The van der Waals surface area contributed by atoms with E-state index in [0.717, 1.165) is 27.6 Å². The lowest BCUT2D eigenvalue weighted by molar-refractivity contribution is -0.118. The minimum absolute atomic E-state index is 0.0763. The third-order valence-electron chi connectivity index (χ3n) is 5.17. The predicted molar refractivity (Wildman–Crippen MR) is 126 cm³/mol. The third-order valence-corrected chi connectivity index (χ3v) is 5.70. The quantitative estimate of drug-likeness (QED) is 0.317. The molecule has 3 aromatic carbocycles. The van der Waals surface area contributed by atoms with Crippen molar-refractivity contribution >= 4 is 38.6 Å². The molecule has 0 saturated carbocycles. The second-order valence-corrected chi connectivity index (χ2v) is 8.34. The van der Waals surface area contributed by atoms with Crippen molar-refractivity contribution in [2.24, 2.45) is 0 Å². The molecule has 0 spiro atoms. The van der Waals surface area contributed by atoms with Crippen LogP contribution in [0.4, 0.5) is 5.69 Å². The zero-order chi connectivity index (χ0) is 21.8. The van der Waals surface area contributed by atoms with Crippen LogP contribution in [0.25, 0.3) is 22.6 Å².